The summed E-state index contributed by atoms with van der Waals surface area (Å²) in [4.78, 5) is 4.52. The Morgan fingerprint density at radius 2 is 1.40 bits per heavy atom. The van der Waals surface area contributed by atoms with Gasteiger partial charge < -0.3 is 9.80 Å². The highest BCUT2D eigenvalue weighted by molar-refractivity contribution is 6.11. The van der Waals surface area contributed by atoms with Gasteiger partial charge >= 0.3 is 0 Å². The number of benzene rings is 3. The van der Waals surface area contributed by atoms with E-state index in [4.69, 9.17) is 0 Å². The molecule has 0 N–H and O–H groups in total. The fourth-order valence-electron chi connectivity index (χ4n) is 2.97. The predicted octanol–water partition coefficient (Wildman–Crippen LogP) is 4.17. The van der Waals surface area contributed by atoms with E-state index in [2.05, 4.69) is 83.8 Å². The molecule has 3 aromatic carbocycles. The maximum Gasteiger partial charge on any atom is 0.0939 e. The van der Waals surface area contributed by atoms with Crippen molar-refractivity contribution in [2.24, 2.45) is 0 Å². The summed E-state index contributed by atoms with van der Waals surface area (Å²) in [6, 6.07) is 19.5. The summed E-state index contributed by atoms with van der Waals surface area (Å²) in [7, 11) is 2.10. The van der Waals surface area contributed by atoms with E-state index in [1.807, 2.05) is 0 Å². The lowest BCUT2D eigenvalue weighted by Crippen LogP contribution is -2.22. The van der Waals surface area contributed by atoms with Gasteiger partial charge in [-0.3, -0.25) is 0 Å². The SMILES string of the molecule is CN1C=CN(c2c3ccccc3cc3ccccc23)C1. The van der Waals surface area contributed by atoms with E-state index in [0.29, 0.717) is 0 Å². The van der Waals surface area contributed by atoms with Crippen LogP contribution in [0.2, 0.25) is 0 Å². The molecule has 0 aromatic heterocycles. The molecule has 3 aromatic rings. The highest BCUT2D eigenvalue weighted by atomic mass is 15.3. The van der Waals surface area contributed by atoms with Gasteiger partial charge in [-0.15, -0.1) is 0 Å². The van der Waals surface area contributed by atoms with Gasteiger partial charge in [-0.1, -0.05) is 48.5 Å². The second-order valence-corrected chi connectivity index (χ2v) is 5.33. The summed E-state index contributed by atoms with van der Waals surface area (Å²) >= 11 is 0. The van der Waals surface area contributed by atoms with Crippen molar-refractivity contribution in [1.29, 1.82) is 0 Å². The van der Waals surface area contributed by atoms with Crippen LogP contribution in [-0.2, 0) is 0 Å². The van der Waals surface area contributed by atoms with Crippen LogP contribution in [0.15, 0.2) is 67.0 Å². The van der Waals surface area contributed by atoms with Crippen molar-refractivity contribution < 1.29 is 0 Å². The molecular weight excluding hydrogens is 244 g/mol. The van der Waals surface area contributed by atoms with Crippen molar-refractivity contribution in [1.82, 2.24) is 4.90 Å². The van der Waals surface area contributed by atoms with Crippen LogP contribution in [0.3, 0.4) is 0 Å². The minimum Gasteiger partial charge on any atom is -0.361 e. The van der Waals surface area contributed by atoms with Gasteiger partial charge in [0, 0.05) is 30.2 Å². The zero-order valence-corrected chi connectivity index (χ0v) is 11.5. The van der Waals surface area contributed by atoms with Crippen LogP contribution in [0.5, 0.6) is 0 Å². The lowest BCUT2D eigenvalue weighted by atomic mass is 10.0. The first-order valence-electron chi connectivity index (χ1n) is 6.89. The molecule has 0 saturated heterocycles. The second-order valence-electron chi connectivity index (χ2n) is 5.33. The van der Waals surface area contributed by atoms with Crippen LogP contribution < -0.4 is 4.90 Å². The monoisotopic (exact) mass is 260 g/mol. The van der Waals surface area contributed by atoms with Crippen LogP contribution in [0.4, 0.5) is 5.69 Å². The molecule has 0 aliphatic carbocycles. The first-order chi connectivity index (χ1) is 9.83. The van der Waals surface area contributed by atoms with Crippen LogP contribution in [0.25, 0.3) is 21.5 Å². The first kappa shape index (κ1) is 11.4. The van der Waals surface area contributed by atoms with Crippen molar-refractivity contribution >= 4 is 27.2 Å². The number of rotatable bonds is 1. The Kier molecular flexibility index (Phi) is 2.43. The van der Waals surface area contributed by atoms with Gasteiger partial charge in [0.25, 0.3) is 0 Å². The number of hydrogen-bond acceptors (Lipinski definition) is 2. The molecule has 0 saturated carbocycles. The molecule has 0 radical (unpaired) electrons. The Bertz CT molecular complexity index is 766. The summed E-state index contributed by atoms with van der Waals surface area (Å²) in [6.07, 6.45) is 4.28. The van der Waals surface area contributed by atoms with Crippen LogP contribution >= 0.6 is 0 Å². The van der Waals surface area contributed by atoms with E-state index in [-0.39, 0.29) is 0 Å². The molecule has 0 unspecified atom stereocenters. The van der Waals surface area contributed by atoms with E-state index >= 15 is 0 Å². The summed E-state index contributed by atoms with van der Waals surface area (Å²) in [6.45, 7) is 0.901. The van der Waals surface area contributed by atoms with E-state index in [1.54, 1.807) is 0 Å². The molecule has 0 bridgehead atoms. The van der Waals surface area contributed by atoms with E-state index in [1.165, 1.54) is 27.2 Å². The molecule has 20 heavy (non-hydrogen) atoms. The summed E-state index contributed by atoms with van der Waals surface area (Å²) < 4.78 is 0. The Labute approximate surface area is 118 Å². The summed E-state index contributed by atoms with van der Waals surface area (Å²) in [5, 5.41) is 5.21. The minimum absolute atomic E-state index is 0.901. The van der Waals surface area contributed by atoms with E-state index in [0.717, 1.165) is 6.67 Å². The van der Waals surface area contributed by atoms with Gasteiger partial charge in [-0.2, -0.15) is 0 Å². The molecule has 1 heterocycles. The molecule has 0 amide bonds. The number of hydrogen-bond donors (Lipinski definition) is 0. The molecule has 2 heteroatoms. The fraction of sp³-hybridized carbons (Fsp3) is 0.111. The van der Waals surface area contributed by atoms with Crippen molar-refractivity contribution in [3.8, 4) is 0 Å². The molecule has 1 aliphatic rings. The van der Waals surface area contributed by atoms with Crippen molar-refractivity contribution in [2.45, 2.75) is 0 Å². The lowest BCUT2D eigenvalue weighted by Gasteiger charge is -2.22. The molecule has 0 fully saturated rings. The van der Waals surface area contributed by atoms with Gasteiger partial charge in [-0.05, 0) is 16.8 Å². The summed E-state index contributed by atoms with van der Waals surface area (Å²) in [5.74, 6) is 0. The summed E-state index contributed by atoms with van der Waals surface area (Å²) in [5.41, 5.74) is 1.30. The van der Waals surface area contributed by atoms with Gasteiger partial charge in [0.15, 0.2) is 0 Å². The third kappa shape index (κ3) is 1.65. The van der Waals surface area contributed by atoms with Crippen LogP contribution in [0.1, 0.15) is 0 Å². The minimum atomic E-state index is 0.901. The zero-order valence-electron chi connectivity index (χ0n) is 11.5. The number of fused-ring (bicyclic) bond motifs is 2. The van der Waals surface area contributed by atoms with Crippen molar-refractivity contribution in [3.63, 3.8) is 0 Å². The van der Waals surface area contributed by atoms with E-state index < -0.39 is 0 Å². The van der Waals surface area contributed by atoms with Gasteiger partial charge in [0.05, 0.1) is 12.4 Å². The zero-order chi connectivity index (χ0) is 13.5. The van der Waals surface area contributed by atoms with Gasteiger partial charge in [-0.25, -0.2) is 0 Å². The average Bonchev–Trinajstić information content (AvgIpc) is 2.91. The second kappa shape index (κ2) is 4.27. The lowest BCUT2D eigenvalue weighted by molar-refractivity contribution is 0.496. The number of anilines is 1. The molecule has 1 aliphatic heterocycles. The Morgan fingerprint density at radius 3 is 1.95 bits per heavy atom. The maximum atomic E-state index is 2.32. The molecule has 4 rings (SSSR count). The largest absolute Gasteiger partial charge is 0.361 e. The van der Waals surface area contributed by atoms with Gasteiger partial charge in [0.1, 0.15) is 0 Å². The normalized spacial score (nSPS) is 14.7. The maximum absolute atomic E-state index is 2.32. The third-order valence-corrected chi connectivity index (χ3v) is 3.91. The quantitative estimate of drug-likeness (QED) is 0.606. The number of nitrogens with zero attached hydrogens (tertiary/aromatic N) is 2. The van der Waals surface area contributed by atoms with Crippen molar-refractivity contribution in [3.05, 3.63) is 67.0 Å². The standard InChI is InChI=1S/C18H16N2/c1-19-10-11-20(13-19)18-16-8-4-2-6-14(16)12-15-7-3-5-9-17(15)18/h2-12H,13H2,1H3. The topological polar surface area (TPSA) is 6.48 Å². The Morgan fingerprint density at radius 1 is 0.800 bits per heavy atom. The highest BCUT2D eigenvalue weighted by Gasteiger charge is 2.16. The highest BCUT2D eigenvalue weighted by Crippen LogP contribution is 2.36. The van der Waals surface area contributed by atoms with Crippen LogP contribution in [0, 0.1) is 0 Å². The van der Waals surface area contributed by atoms with E-state index in [9.17, 15) is 0 Å². The predicted molar refractivity (Wildman–Crippen MR) is 85.7 cm³/mol. The smallest absolute Gasteiger partial charge is 0.0939 e. The van der Waals surface area contributed by atoms with Crippen LogP contribution in [-0.4, -0.2) is 18.6 Å². The first-order valence-corrected chi connectivity index (χ1v) is 6.89. The third-order valence-electron chi connectivity index (χ3n) is 3.91. The molecular formula is C18H16N2. The Hall–Kier alpha value is -2.48. The molecule has 0 spiro atoms. The molecule has 2 nitrogen and oxygen atoms in total. The molecule has 0 atom stereocenters. The average molecular weight is 260 g/mol. The fourth-order valence-corrected chi connectivity index (χ4v) is 2.97. The molecule has 98 valence electrons. The van der Waals surface area contributed by atoms with Gasteiger partial charge in [0.2, 0.25) is 0 Å². The van der Waals surface area contributed by atoms with Crippen molar-refractivity contribution in [2.75, 3.05) is 18.6 Å². The Balaban J connectivity index is 2.09.